The van der Waals surface area contributed by atoms with Crippen molar-refractivity contribution in [3.63, 3.8) is 0 Å². The number of hydrogen-bond donors (Lipinski definition) is 1. The maximum atomic E-state index is 12.8. The number of carbonyl (C=O) groups is 2. The van der Waals surface area contributed by atoms with Gasteiger partial charge in [-0.2, -0.15) is 4.31 Å². The summed E-state index contributed by atoms with van der Waals surface area (Å²) in [5.74, 6) is -1.21. The van der Waals surface area contributed by atoms with Gasteiger partial charge in [0.2, 0.25) is 21.8 Å². The predicted octanol–water partition coefficient (Wildman–Crippen LogP) is 0.647. The van der Waals surface area contributed by atoms with Gasteiger partial charge in [-0.15, -0.1) is 0 Å². The van der Waals surface area contributed by atoms with E-state index in [0.29, 0.717) is 11.1 Å². The standard InChI is InChI=1S/C14H18N2O4S/c1-8-5-9(2)13(10(3)6-8)21(19,20)16-7-12(17)15-14(18)11(16)4/h5-6,11H,7H2,1-4H3,(H,15,17,18). The maximum absolute atomic E-state index is 12.8. The zero-order valence-corrected chi connectivity index (χ0v) is 13.2. The summed E-state index contributed by atoms with van der Waals surface area (Å²) in [7, 11) is -3.90. The summed E-state index contributed by atoms with van der Waals surface area (Å²) in [5, 5.41) is 2.14. The lowest BCUT2D eigenvalue weighted by Crippen LogP contribution is -2.58. The number of benzene rings is 1. The molecule has 1 saturated heterocycles. The number of carbonyl (C=O) groups excluding carboxylic acids is 2. The molecule has 2 amide bonds. The molecule has 7 heteroatoms. The van der Waals surface area contributed by atoms with Crippen LogP contribution in [0, 0.1) is 20.8 Å². The van der Waals surface area contributed by atoms with Gasteiger partial charge in [0.1, 0.15) is 6.04 Å². The van der Waals surface area contributed by atoms with Crippen molar-refractivity contribution in [2.24, 2.45) is 0 Å². The van der Waals surface area contributed by atoms with Crippen LogP contribution in [-0.4, -0.2) is 37.1 Å². The van der Waals surface area contributed by atoms with Crippen LogP contribution in [0.4, 0.5) is 0 Å². The van der Waals surface area contributed by atoms with E-state index >= 15 is 0 Å². The number of amides is 2. The molecular weight excluding hydrogens is 292 g/mol. The molecule has 114 valence electrons. The van der Waals surface area contributed by atoms with Crippen LogP contribution in [0.25, 0.3) is 0 Å². The van der Waals surface area contributed by atoms with Crippen molar-refractivity contribution in [2.75, 3.05) is 6.54 Å². The van der Waals surface area contributed by atoms with Crippen LogP contribution in [0.1, 0.15) is 23.6 Å². The van der Waals surface area contributed by atoms with E-state index in [2.05, 4.69) is 5.32 Å². The molecule has 1 atom stereocenters. The zero-order chi connectivity index (χ0) is 15.9. The molecule has 2 rings (SSSR count). The van der Waals surface area contributed by atoms with E-state index in [0.717, 1.165) is 9.87 Å². The minimum atomic E-state index is -3.90. The SMILES string of the molecule is Cc1cc(C)c(S(=O)(=O)N2CC(=O)NC(=O)C2C)c(C)c1. The van der Waals surface area contributed by atoms with Gasteiger partial charge in [0.15, 0.2) is 0 Å². The molecule has 1 heterocycles. The summed E-state index contributed by atoms with van der Waals surface area (Å²) in [6.07, 6.45) is 0. The number of hydrogen-bond acceptors (Lipinski definition) is 4. The number of nitrogens with one attached hydrogen (secondary N) is 1. The molecule has 1 unspecified atom stereocenters. The Bertz CT molecular complexity index is 701. The van der Waals surface area contributed by atoms with E-state index in [-0.39, 0.29) is 11.4 Å². The Morgan fingerprint density at radius 1 is 1.14 bits per heavy atom. The fraction of sp³-hybridized carbons (Fsp3) is 0.429. The average molecular weight is 310 g/mol. The summed E-state index contributed by atoms with van der Waals surface area (Å²) < 4.78 is 26.6. The minimum absolute atomic E-state index is 0.169. The molecule has 0 aliphatic carbocycles. The molecule has 1 aromatic rings. The van der Waals surface area contributed by atoms with Crippen LogP contribution in [-0.2, 0) is 19.6 Å². The molecule has 0 aromatic heterocycles. The first kappa shape index (κ1) is 15.7. The smallest absolute Gasteiger partial charge is 0.244 e. The summed E-state index contributed by atoms with van der Waals surface area (Å²) >= 11 is 0. The van der Waals surface area contributed by atoms with Gasteiger partial charge in [-0.25, -0.2) is 8.42 Å². The van der Waals surface area contributed by atoms with Crippen LogP contribution >= 0.6 is 0 Å². The molecule has 0 bridgehead atoms. The van der Waals surface area contributed by atoms with Gasteiger partial charge in [-0.3, -0.25) is 14.9 Å². The van der Waals surface area contributed by atoms with E-state index in [1.807, 2.05) is 6.92 Å². The van der Waals surface area contributed by atoms with Gasteiger partial charge < -0.3 is 0 Å². The van der Waals surface area contributed by atoms with Gasteiger partial charge in [0.05, 0.1) is 11.4 Å². The fourth-order valence-electron chi connectivity index (χ4n) is 2.67. The summed E-state index contributed by atoms with van der Waals surface area (Å²) in [5.41, 5.74) is 2.18. The van der Waals surface area contributed by atoms with Crippen LogP contribution in [0.2, 0.25) is 0 Å². The quantitative estimate of drug-likeness (QED) is 0.813. The largest absolute Gasteiger partial charge is 0.294 e. The number of piperazine rings is 1. The van der Waals surface area contributed by atoms with Gasteiger partial charge >= 0.3 is 0 Å². The van der Waals surface area contributed by atoms with Crippen molar-refractivity contribution in [3.8, 4) is 0 Å². The second-order valence-electron chi connectivity index (χ2n) is 5.37. The lowest BCUT2D eigenvalue weighted by atomic mass is 10.1. The first-order valence-corrected chi connectivity index (χ1v) is 8.02. The van der Waals surface area contributed by atoms with E-state index < -0.39 is 27.9 Å². The van der Waals surface area contributed by atoms with Crippen molar-refractivity contribution >= 4 is 21.8 Å². The number of sulfonamides is 1. The van der Waals surface area contributed by atoms with Crippen LogP contribution in [0.5, 0.6) is 0 Å². The molecule has 6 nitrogen and oxygen atoms in total. The van der Waals surface area contributed by atoms with Crippen molar-refractivity contribution in [3.05, 3.63) is 28.8 Å². The second-order valence-corrected chi connectivity index (χ2v) is 7.19. The monoisotopic (exact) mass is 310 g/mol. The van der Waals surface area contributed by atoms with E-state index in [4.69, 9.17) is 0 Å². The Morgan fingerprint density at radius 3 is 2.19 bits per heavy atom. The molecule has 21 heavy (non-hydrogen) atoms. The van der Waals surface area contributed by atoms with Gasteiger partial charge in [-0.1, -0.05) is 17.7 Å². The van der Waals surface area contributed by atoms with Crippen molar-refractivity contribution in [1.82, 2.24) is 9.62 Å². The van der Waals surface area contributed by atoms with Crippen molar-refractivity contribution in [1.29, 1.82) is 0 Å². The highest BCUT2D eigenvalue weighted by Crippen LogP contribution is 2.27. The molecule has 1 aromatic carbocycles. The first-order chi connectivity index (χ1) is 9.64. The van der Waals surface area contributed by atoms with E-state index in [1.165, 1.54) is 6.92 Å². The molecule has 0 spiro atoms. The van der Waals surface area contributed by atoms with Crippen molar-refractivity contribution < 1.29 is 18.0 Å². The minimum Gasteiger partial charge on any atom is -0.294 e. The lowest BCUT2D eigenvalue weighted by molar-refractivity contribution is -0.136. The molecule has 1 fully saturated rings. The molecule has 1 aliphatic rings. The lowest BCUT2D eigenvalue weighted by Gasteiger charge is -2.31. The van der Waals surface area contributed by atoms with Crippen LogP contribution in [0.15, 0.2) is 17.0 Å². The summed E-state index contributed by atoms with van der Waals surface area (Å²) in [6.45, 7) is 6.43. The first-order valence-electron chi connectivity index (χ1n) is 6.58. The third-order valence-electron chi connectivity index (χ3n) is 3.54. The van der Waals surface area contributed by atoms with Crippen molar-refractivity contribution in [2.45, 2.75) is 38.6 Å². The van der Waals surface area contributed by atoms with Gasteiger partial charge in [-0.05, 0) is 38.8 Å². The van der Waals surface area contributed by atoms with E-state index in [9.17, 15) is 18.0 Å². The maximum Gasteiger partial charge on any atom is 0.244 e. The molecular formula is C14H18N2O4S. The van der Waals surface area contributed by atoms with Crippen LogP contribution < -0.4 is 5.32 Å². The molecule has 0 radical (unpaired) electrons. The Labute approximate surface area is 124 Å². The third kappa shape index (κ3) is 2.71. The van der Waals surface area contributed by atoms with Gasteiger partial charge in [0.25, 0.3) is 0 Å². The normalized spacial score (nSPS) is 20.5. The Balaban J connectivity index is 2.57. The summed E-state index contributed by atoms with van der Waals surface area (Å²) in [6, 6.07) is 2.64. The summed E-state index contributed by atoms with van der Waals surface area (Å²) in [4.78, 5) is 23.3. The zero-order valence-electron chi connectivity index (χ0n) is 12.4. The highest BCUT2D eigenvalue weighted by Gasteiger charge is 2.40. The second kappa shape index (κ2) is 5.23. The molecule has 0 saturated carbocycles. The number of aryl methyl sites for hydroxylation is 3. The molecule has 1 N–H and O–H groups in total. The Hall–Kier alpha value is -1.73. The third-order valence-corrected chi connectivity index (χ3v) is 5.77. The topological polar surface area (TPSA) is 83.6 Å². The van der Waals surface area contributed by atoms with Gasteiger partial charge in [0, 0.05) is 0 Å². The highest BCUT2D eigenvalue weighted by atomic mass is 32.2. The predicted molar refractivity (Wildman–Crippen MR) is 77.2 cm³/mol. The number of rotatable bonds is 2. The van der Waals surface area contributed by atoms with Crippen LogP contribution in [0.3, 0.4) is 0 Å². The highest BCUT2D eigenvalue weighted by molar-refractivity contribution is 7.89. The number of nitrogens with zero attached hydrogens (tertiary/aromatic N) is 1. The molecule has 1 aliphatic heterocycles. The number of imide groups is 1. The Kier molecular flexibility index (Phi) is 3.90. The average Bonchev–Trinajstić information content (AvgIpc) is 2.31. The Morgan fingerprint density at radius 2 is 1.67 bits per heavy atom. The fourth-order valence-corrected chi connectivity index (χ4v) is 4.64. The van der Waals surface area contributed by atoms with E-state index in [1.54, 1.807) is 26.0 Å².